The van der Waals surface area contributed by atoms with Gasteiger partial charge in [-0.3, -0.25) is 9.59 Å². The Morgan fingerprint density at radius 3 is 2.52 bits per heavy atom. The van der Waals surface area contributed by atoms with E-state index in [0.717, 1.165) is 0 Å². The Kier molecular flexibility index (Phi) is 5.71. The number of para-hydroxylation sites is 2. The van der Waals surface area contributed by atoms with Gasteiger partial charge in [-0.05, 0) is 12.1 Å². The number of carboxylic acid groups (broad SMARTS) is 1. The van der Waals surface area contributed by atoms with Crippen molar-refractivity contribution in [2.75, 3.05) is 23.9 Å². The van der Waals surface area contributed by atoms with Gasteiger partial charge in [-0.25, -0.2) is 8.42 Å². The summed E-state index contributed by atoms with van der Waals surface area (Å²) in [5.41, 5.74) is 0.353. The SMILES string of the molecule is COc1ccccc1NC(=O)CS(=O)(=O)CC(C)C(=O)O. The second kappa shape index (κ2) is 7.07. The van der Waals surface area contributed by atoms with E-state index in [1.807, 2.05) is 0 Å². The van der Waals surface area contributed by atoms with Crippen molar-refractivity contribution in [2.45, 2.75) is 6.92 Å². The molecule has 1 amide bonds. The van der Waals surface area contributed by atoms with Crippen molar-refractivity contribution in [1.82, 2.24) is 0 Å². The number of carboxylic acids is 1. The predicted molar refractivity (Wildman–Crippen MR) is 77.1 cm³/mol. The van der Waals surface area contributed by atoms with E-state index in [1.165, 1.54) is 14.0 Å². The van der Waals surface area contributed by atoms with E-state index in [-0.39, 0.29) is 0 Å². The zero-order chi connectivity index (χ0) is 16.0. The van der Waals surface area contributed by atoms with E-state index in [1.54, 1.807) is 24.3 Å². The quantitative estimate of drug-likeness (QED) is 0.769. The maximum Gasteiger partial charge on any atom is 0.307 e. The first-order valence-electron chi connectivity index (χ1n) is 6.11. The van der Waals surface area contributed by atoms with E-state index >= 15 is 0 Å². The number of sulfone groups is 1. The number of anilines is 1. The predicted octanol–water partition coefficient (Wildman–Crippen LogP) is 0.769. The lowest BCUT2D eigenvalue weighted by Crippen LogP contribution is -2.29. The largest absolute Gasteiger partial charge is 0.495 e. The van der Waals surface area contributed by atoms with E-state index in [0.29, 0.717) is 11.4 Å². The van der Waals surface area contributed by atoms with Crippen LogP contribution in [0.25, 0.3) is 0 Å². The molecule has 0 saturated carbocycles. The van der Waals surface area contributed by atoms with Gasteiger partial charge in [0, 0.05) is 0 Å². The van der Waals surface area contributed by atoms with Gasteiger partial charge < -0.3 is 15.2 Å². The number of carbonyl (C=O) groups is 2. The van der Waals surface area contributed by atoms with Crippen LogP contribution in [0.2, 0.25) is 0 Å². The van der Waals surface area contributed by atoms with Gasteiger partial charge in [-0.15, -0.1) is 0 Å². The molecule has 7 nitrogen and oxygen atoms in total. The van der Waals surface area contributed by atoms with Crippen LogP contribution >= 0.6 is 0 Å². The first-order valence-corrected chi connectivity index (χ1v) is 7.93. The molecule has 1 aromatic carbocycles. The molecular formula is C13H17NO6S. The molecule has 1 aromatic rings. The molecule has 0 aliphatic heterocycles. The lowest BCUT2D eigenvalue weighted by atomic mass is 10.2. The minimum Gasteiger partial charge on any atom is -0.495 e. The second-order valence-corrected chi connectivity index (χ2v) is 6.65. The molecule has 0 bridgehead atoms. The van der Waals surface area contributed by atoms with Gasteiger partial charge in [0.1, 0.15) is 11.5 Å². The van der Waals surface area contributed by atoms with Crippen molar-refractivity contribution >= 4 is 27.4 Å². The van der Waals surface area contributed by atoms with Gasteiger partial charge in [0.25, 0.3) is 0 Å². The third-order valence-electron chi connectivity index (χ3n) is 2.66. The highest BCUT2D eigenvalue weighted by atomic mass is 32.2. The maximum atomic E-state index is 11.8. The molecule has 1 rings (SSSR count). The van der Waals surface area contributed by atoms with Crippen LogP contribution in [0.1, 0.15) is 6.92 Å². The van der Waals surface area contributed by atoms with Gasteiger partial charge in [0.05, 0.1) is 24.5 Å². The zero-order valence-electron chi connectivity index (χ0n) is 11.7. The van der Waals surface area contributed by atoms with Crippen molar-refractivity contribution < 1.29 is 27.9 Å². The summed E-state index contributed by atoms with van der Waals surface area (Å²) in [6.45, 7) is 1.28. The molecule has 0 aliphatic carbocycles. The van der Waals surface area contributed by atoms with Crippen LogP contribution in [0.5, 0.6) is 5.75 Å². The Bertz CT molecular complexity index is 625. The number of ether oxygens (including phenoxy) is 1. The van der Waals surface area contributed by atoms with Gasteiger partial charge in [0.15, 0.2) is 9.84 Å². The normalized spacial score (nSPS) is 12.5. The molecule has 0 spiro atoms. The van der Waals surface area contributed by atoms with Crippen LogP contribution in [0.15, 0.2) is 24.3 Å². The molecule has 0 saturated heterocycles. The molecule has 0 fully saturated rings. The monoisotopic (exact) mass is 315 g/mol. The Morgan fingerprint density at radius 1 is 1.33 bits per heavy atom. The maximum absolute atomic E-state index is 11.8. The highest BCUT2D eigenvalue weighted by Crippen LogP contribution is 2.22. The van der Waals surface area contributed by atoms with Crippen molar-refractivity contribution in [2.24, 2.45) is 5.92 Å². The third-order valence-corrected chi connectivity index (χ3v) is 4.37. The highest BCUT2D eigenvalue weighted by molar-refractivity contribution is 7.92. The Hall–Kier alpha value is -2.09. The number of hydrogen-bond acceptors (Lipinski definition) is 5. The van der Waals surface area contributed by atoms with E-state index in [9.17, 15) is 18.0 Å². The van der Waals surface area contributed by atoms with Crippen LogP contribution < -0.4 is 10.1 Å². The van der Waals surface area contributed by atoms with Crippen molar-refractivity contribution in [3.05, 3.63) is 24.3 Å². The minimum absolute atomic E-state index is 0.353. The smallest absolute Gasteiger partial charge is 0.307 e. The number of hydrogen-bond donors (Lipinski definition) is 2. The molecule has 0 heterocycles. The first-order chi connectivity index (χ1) is 9.75. The molecule has 116 valence electrons. The average molecular weight is 315 g/mol. The fourth-order valence-corrected chi connectivity index (χ4v) is 3.14. The van der Waals surface area contributed by atoms with Gasteiger partial charge in [0.2, 0.25) is 5.91 Å². The number of carbonyl (C=O) groups excluding carboxylic acids is 1. The molecule has 0 aliphatic rings. The Labute approximate surface area is 122 Å². The Balaban J connectivity index is 2.71. The van der Waals surface area contributed by atoms with E-state index in [2.05, 4.69) is 5.32 Å². The molecule has 2 N–H and O–H groups in total. The van der Waals surface area contributed by atoms with Gasteiger partial charge in [-0.1, -0.05) is 19.1 Å². The summed E-state index contributed by atoms with van der Waals surface area (Å²) in [4.78, 5) is 22.4. The highest BCUT2D eigenvalue weighted by Gasteiger charge is 2.24. The lowest BCUT2D eigenvalue weighted by molar-refractivity contribution is -0.140. The minimum atomic E-state index is -3.80. The number of aliphatic carboxylic acids is 1. The molecule has 0 aromatic heterocycles. The summed E-state index contributed by atoms with van der Waals surface area (Å²) < 4.78 is 28.5. The number of rotatable bonds is 7. The van der Waals surface area contributed by atoms with Crippen LogP contribution in [0.3, 0.4) is 0 Å². The standard InChI is InChI=1S/C13H17NO6S/c1-9(13(16)17)7-21(18,19)8-12(15)14-10-5-3-4-6-11(10)20-2/h3-6,9H,7-8H2,1-2H3,(H,14,15)(H,16,17). The summed E-state index contributed by atoms with van der Waals surface area (Å²) >= 11 is 0. The summed E-state index contributed by atoms with van der Waals surface area (Å²) in [5, 5.41) is 11.1. The van der Waals surface area contributed by atoms with Crippen molar-refractivity contribution in [3.63, 3.8) is 0 Å². The number of nitrogens with one attached hydrogen (secondary N) is 1. The van der Waals surface area contributed by atoms with Crippen molar-refractivity contribution in [3.8, 4) is 5.75 Å². The van der Waals surface area contributed by atoms with Crippen LogP contribution in [0.4, 0.5) is 5.69 Å². The summed E-state index contributed by atoms with van der Waals surface area (Å²) in [6, 6.07) is 6.57. The van der Waals surface area contributed by atoms with Gasteiger partial charge >= 0.3 is 5.97 Å². The average Bonchev–Trinajstić information content (AvgIpc) is 2.37. The van der Waals surface area contributed by atoms with Crippen LogP contribution in [-0.4, -0.2) is 44.0 Å². The van der Waals surface area contributed by atoms with Crippen LogP contribution in [0, 0.1) is 5.92 Å². The topological polar surface area (TPSA) is 110 Å². The molecule has 8 heteroatoms. The molecule has 1 atom stereocenters. The Morgan fingerprint density at radius 2 is 1.95 bits per heavy atom. The number of methoxy groups -OCH3 is 1. The van der Waals surface area contributed by atoms with E-state index < -0.39 is 39.1 Å². The fourth-order valence-electron chi connectivity index (χ4n) is 1.65. The molecule has 21 heavy (non-hydrogen) atoms. The second-order valence-electron chi connectivity index (χ2n) is 4.54. The first kappa shape index (κ1) is 17.0. The molecule has 1 unspecified atom stereocenters. The number of amides is 1. The summed E-state index contributed by atoms with van der Waals surface area (Å²) in [6.07, 6.45) is 0. The summed E-state index contributed by atoms with van der Waals surface area (Å²) in [7, 11) is -2.37. The third kappa shape index (κ3) is 5.42. The lowest BCUT2D eigenvalue weighted by Gasteiger charge is -2.11. The molecular weight excluding hydrogens is 298 g/mol. The van der Waals surface area contributed by atoms with Gasteiger partial charge in [-0.2, -0.15) is 0 Å². The van der Waals surface area contributed by atoms with Crippen LogP contribution in [-0.2, 0) is 19.4 Å². The van der Waals surface area contributed by atoms with E-state index in [4.69, 9.17) is 9.84 Å². The fraction of sp³-hybridized carbons (Fsp3) is 0.385. The number of benzene rings is 1. The molecule has 0 radical (unpaired) electrons. The zero-order valence-corrected chi connectivity index (χ0v) is 12.5. The summed E-state index contributed by atoms with van der Waals surface area (Å²) in [5.74, 6) is -3.97. The van der Waals surface area contributed by atoms with Crippen molar-refractivity contribution in [1.29, 1.82) is 0 Å².